The number of primary amides is 1. The fourth-order valence-corrected chi connectivity index (χ4v) is 10.9. The van der Waals surface area contributed by atoms with Gasteiger partial charge in [0.1, 0.15) is 11.8 Å². The van der Waals surface area contributed by atoms with E-state index in [2.05, 4.69) is 62.6 Å². The van der Waals surface area contributed by atoms with E-state index < -0.39 is 84.9 Å². The van der Waals surface area contributed by atoms with Crippen LogP contribution in [0.5, 0.6) is 0 Å². The maximum absolute atomic E-state index is 13.8. The van der Waals surface area contributed by atoms with Gasteiger partial charge in [-0.05, 0) is 99.3 Å². The van der Waals surface area contributed by atoms with Crippen LogP contribution in [0, 0.1) is 29.1 Å². The molecular formula is C54H79BN4O10. The topological polar surface area (TPSA) is 234 Å². The van der Waals surface area contributed by atoms with Crippen molar-refractivity contribution in [1.29, 1.82) is 0 Å². The number of nitrogens with two attached hydrogens (primary N) is 2. The molecule has 4 fully saturated rings. The number of unbranched alkanes of at least 4 members (excludes halogenated alkanes) is 2. The molecule has 10 atom stereocenters. The van der Waals surface area contributed by atoms with E-state index in [9.17, 15) is 38.7 Å². The molecule has 1 aliphatic heterocycles. The van der Waals surface area contributed by atoms with Gasteiger partial charge in [0.15, 0.2) is 17.3 Å². The first kappa shape index (κ1) is 55.4. The Morgan fingerprint density at radius 1 is 0.797 bits per heavy atom. The smallest absolute Gasteiger partial charge is 0.405 e. The van der Waals surface area contributed by atoms with Crippen molar-refractivity contribution in [2.45, 2.75) is 187 Å². The highest BCUT2D eigenvalue weighted by Gasteiger charge is 2.68. The Bertz CT molecular complexity index is 2110. The Labute approximate surface area is 410 Å². The minimum Gasteiger partial charge on any atom is -0.405 e. The van der Waals surface area contributed by atoms with Gasteiger partial charge in [0.05, 0.1) is 30.3 Å². The first-order valence-corrected chi connectivity index (χ1v) is 25.6. The zero-order valence-corrected chi connectivity index (χ0v) is 42.2. The summed E-state index contributed by atoms with van der Waals surface area (Å²) in [6.45, 7) is 14.0. The highest BCUT2D eigenvalue weighted by molar-refractivity contribution is 6.47. The quantitative estimate of drug-likeness (QED) is 0.0303. The van der Waals surface area contributed by atoms with E-state index in [1.807, 2.05) is 19.1 Å². The molecule has 378 valence electrons. The van der Waals surface area contributed by atoms with Gasteiger partial charge in [-0.1, -0.05) is 102 Å². The van der Waals surface area contributed by atoms with Crippen LogP contribution in [0.25, 0.3) is 11.1 Å². The van der Waals surface area contributed by atoms with Crippen LogP contribution < -0.4 is 22.1 Å². The maximum Gasteiger partial charge on any atom is 0.461 e. The summed E-state index contributed by atoms with van der Waals surface area (Å²) >= 11 is 0. The summed E-state index contributed by atoms with van der Waals surface area (Å²) in [7, 11) is -0.619. The summed E-state index contributed by atoms with van der Waals surface area (Å²) in [5, 5.41) is 16.0. The van der Waals surface area contributed by atoms with Gasteiger partial charge in [-0.2, -0.15) is 0 Å². The molecule has 2 bridgehead atoms. The Morgan fingerprint density at radius 2 is 1.46 bits per heavy atom. The molecule has 15 heteroatoms. The van der Waals surface area contributed by atoms with E-state index in [0.29, 0.717) is 56.0 Å². The second-order valence-electron chi connectivity index (χ2n) is 21.1. The zero-order chi connectivity index (χ0) is 50.6. The number of hydrogen-bond donors (Lipinski definition) is 5. The monoisotopic (exact) mass is 955 g/mol. The number of aliphatic hydroxyl groups excluding tert-OH is 1. The first-order valence-electron chi connectivity index (χ1n) is 25.6. The van der Waals surface area contributed by atoms with Crippen LogP contribution in [0.3, 0.4) is 0 Å². The van der Waals surface area contributed by atoms with Crippen LogP contribution in [0.1, 0.15) is 161 Å². The van der Waals surface area contributed by atoms with Crippen molar-refractivity contribution in [3.63, 3.8) is 0 Å². The van der Waals surface area contributed by atoms with Gasteiger partial charge in [-0.15, -0.1) is 0 Å². The van der Waals surface area contributed by atoms with E-state index >= 15 is 0 Å². The van der Waals surface area contributed by atoms with Crippen LogP contribution >= 0.6 is 0 Å². The predicted molar refractivity (Wildman–Crippen MR) is 267 cm³/mol. The van der Waals surface area contributed by atoms with Crippen molar-refractivity contribution < 1.29 is 48.0 Å². The molecule has 14 nitrogen and oxygen atoms in total. The molecule has 0 spiro atoms. The summed E-state index contributed by atoms with van der Waals surface area (Å²) in [4.78, 5) is 93.3. The Hall–Kier alpha value is -4.57. The number of aryl methyl sites for hydroxylation is 1. The average Bonchev–Trinajstić information content (AvgIpc) is 3.68. The molecule has 69 heavy (non-hydrogen) atoms. The van der Waals surface area contributed by atoms with Gasteiger partial charge in [-0.25, -0.2) is 0 Å². The average molecular weight is 955 g/mol. The number of rotatable bonds is 30. The SMILES string of the molecule is CCCCc1ccc(-c2ccc(C(=O)CCCC(=O)C[C@@H](CCCCN)C(=O)N[C@H](C(=O)C[C@@H](C)C(=O)N[C@@H](CC(N)=O)C(=O)C[C@@H](CC)B3OC4C[C@@H]5C[C@@H](C5(C)C)[C@]4(C)O3)[C@@H](C)O)cc2)cc1. The van der Waals surface area contributed by atoms with Gasteiger partial charge in [-0.3, -0.25) is 33.6 Å². The van der Waals surface area contributed by atoms with Crippen molar-refractivity contribution in [3.8, 4) is 11.1 Å². The second-order valence-corrected chi connectivity index (χ2v) is 21.1. The van der Waals surface area contributed by atoms with Crippen molar-refractivity contribution in [2.75, 3.05) is 6.54 Å². The first-order chi connectivity index (χ1) is 32.7. The third-order valence-corrected chi connectivity index (χ3v) is 15.6. The third kappa shape index (κ3) is 14.3. The maximum atomic E-state index is 13.8. The van der Waals surface area contributed by atoms with Crippen LogP contribution in [-0.2, 0) is 44.5 Å². The predicted octanol–water partition coefficient (Wildman–Crippen LogP) is 7.04. The molecule has 3 aliphatic carbocycles. The number of hydrogen-bond acceptors (Lipinski definition) is 11. The van der Waals surface area contributed by atoms with E-state index in [1.165, 1.54) is 19.4 Å². The number of amides is 3. The molecule has 1 saturated heterocycles. The summed E-state index contributed by atoms with van der Waals surface area (Å²) in [5.74, 6) is -4.67. The third-order valence-electron chi connectivity index (χ3n) is 15.6. The number of carbonyl (C=O) groups is 7. The number of ketones is 4. The van der Waals surface area contributed by atoms with Crippen molar-refractivity contribution >= 4 is 48.0 Å². The molecule has 3 amide bonds. The minimum atomic E-state index is -1.39. The fraction of sp³-hybridized carbons (Fsp3) is 0.648. The summed E-state index contributed by atoms with van der Waals surface area (Å²) in [6.07, 6.45) is 5.48. The molecule has 6 rings (SSSR count). The standard InChI is InChI=1S/C54H79BN4O10/c1-8-10-14-35-18-20-36(21-19-35)37-22-24-38(25-23-37)44(62)17-13-16-42(61)28-39(15-11-12-26-56)52(67)59-50(34(4)60)46(64)27-33(3)51(66)58-43(32-49(57)65)45(63)31-41(9-2)55-68-48-30-40-29-47(53(40,5)6)54(48,7)69-55/h18-25,33-34,39-41,43,47-48,50,60H,8-17,26-32,56H2,1-7H3,(H2,57,65)(H,58,66)(H,59,67)/t33-,34-,39-,40+,41-,43+,47+,48?,50+,54+/m1/s1. The number of aliphatic hydroxyl groups is 1. The molecule has 0 radical (unpaired) electrons. The number of nitrogens with one attached hydrogen (secondary N) is 2. The Kier molecular flexibility index (Phi) is 20.1. The van der Waals surface area contributed by atoms with Crippen molar-refractivity contribution in [3.05, 3.63) is 59.7 Å². The van der Waals surface area contributed by atoms with E-state index in [4.69, 9.17) is 20.8 Å². The lowest BCUT2D eigenvalue weighted by molar-refractivity contribution is -0.199. The lowest BCUT2D eigenvalue weighted by Gasteiger charge is -2.64. The zero-order valence-electron chi connectivity index (χ0n) is 42.2. The minimum absolute atomic E-state index is 0.0277. The molecule has 0 aromatic heterocycles. The van der Waals surface area contributed by atoms with Crippen LogP contribution in [0.4, 0.5) is 0 Å². The van der Waals surface area contributed by atoms with E-state index in [0.717, 1.165) is 43.2 Å². The van der Waals surface area contributed by atoms with Gasteiger partial charge >= 0.3 is 7.12 Å². The van der Waals surface area contributed by atoms with Crippen LogP contribution in [-0.4, -0.2) is 89.5 Å². The summed E-state index contributed by atoms with van der Waals surface area (Å²) < 4.78 is 13.1. The Morgan fingerprint density at radius 3 is 2.06 bits per heavy atom. The molecule has 7 N–H and O–H groups in total. The number of Topliss-reactive ketones (excluding diaryl/α,β-unsaturated/α-hetero) is 4. The summed E-state index contributed by atoms with van der Waals surface area (Å²) in [5.41, 5.74) is 14.9. The van der Waals surface area contributed by atoms with Gasteiger partial charge in [0, 0.05) is 55.3 Å². The van der Waals surface area contributed by atoms with Crippen LogP contribution in [0.2, 0.25) is 5.82 Å². The van der Waals surface area contributed by atoms with Crippen molar-refractivity contribution in [2.24, 2.45) is 40.6 Å². The molecule has 1 heterocycles. The molecular weight excluding hydrogens is 875 g/mol. The fourth-order valence-electron chi connectivity index (χ4n) is 10.9. The van der Waals surface area contributed by atoms with Gasteiger partial charge < -0.3 is 36.5 Å². The van der Waals surface area contributed by atoms with Gasteiger partial charge in [0.2, 0.25) is 17.7 Å². The van der Waals surface area contributed by atoms with Crippen molar-refractivity contribution in [1.82, 2.24) is 10.6 Å². The molecule has 2 aromatic carbocycles. The van der Waals surface area contributed by atoms with Crippen LogP contribution in [0.15, 0.2) is 48.5 Å². The largest absolute Gasteiger partial charge is 0.461 e. The Balaban J connectivity index is 1.11. The molecule has 3 saturated carbocycles. The highest BCUT2D eigenvalue weighted by atomic mass is 16.7. The molecule has 4 aliphatic rings. The van der Waals surface area contributed by atoms with E-state index in [1.54, 1.807) is 12.1 Å². The van der Waals surface area contributed by atoms with Gasteiger partial charge in [0.25, 0.3) is 0 Å². The summed E-state index contributed by atoms with van der Waals surface area (Å²) in [6, 6.07) is 13.3. The molecule has 2 aromatic rings. The second kappa shape index (κ2) is 25.0. The molecule has 1 unspecified atom stereocenters. The van der Waals surface area contributed by atoms with E-state index in [-0.39, 0.29) is 54.6 Å². The number of benzene rings is 2. The lowest BCUT2D eigenvalue weighted by atomic mass is 9.43. The lowest BCUT2D eigenvalue weighted by Crippen LogP contribution is -2.65. The normalized spacial score (nSPS) is 22.7. The number of carbonyl (C=O) groups excluding carboxylic acids is 7. The highest BCUT2D eigenvalue weighted by Crippen LogP contribution is 2.66.